The molecular formula is C18H41NO5P2. The molecule has 0 aliphatic rings. The van der Waals surface area contributed by atoms with E-state index in [9.17, 15) is 0 Å². The van der Waals surface area contributed by atoms with E-state index in [-0.39, 0.29) is 6.54 Å². The maximum absolute atomic E-state index is 6.33. The summed E-state index contributed by atoms with van der Waals surface area (Å²) in [5.74, 6) is 0. The molecule has 2 N–H and O–H groups in total. The second-order valence-corrected chi connectivity index (χ2v) is 8.60. The molecule has 0 aromatic heterocycles. The van der Waals surface area contributed by atoms with Crippen molar-refractivity contribution in [2.24, 2.45) is 5.73 Å². The Kier molecular flexibility index (Phi) is 12.5. The average Bonchev–Trinajstić information content (AvgIpc) is 2.62. The Balaban J connectivity index is 6.43. The van der Waals surface area contributed by atoms with E-state index < -0.39 is 28.5 Å². The minimum absolute atomic E-state index is 0.199. The van der Waals surface area contributed by atoms with Crippen LogP contribution < -0.4 is 5.73 Å². The van der Waals surface area contributed by atoms with Gasteiger partial charge in [-0.3, -0.25) is 0 Å². The quantitative estimate of drug-likeness (QED) is 0.416. The van der Waals surface area contributed by atoms with Crippen LogP contribution >= 0.6 is 18.5 Å². The predicted molar refractivity (Wildman–Crippen MR) is 114 cm³/mol. The first-order valence-electron chi connectivity index (χ1n) is 9.33. The van der Waals surface area contributed by atoms with Crippen LogP contribution in [0.5, 0.6) is 0 Å². The van der Waals surface area contributed by atoms with Crippen molar-refractivity contribution in [1.29, 1.82) is 0 Å². The van der Waals surface area contributed by atoms with Crippen molar-refractivity contribution >= 4 is 18.5 Å². The highest BCUT2D eigenvalue weighted by Crippen LogP contribution is 2.46. The van der Waals surface area contributed by atoms with Crippen LogP contribution in [0.3, 0.4) is 0 Å². The van der Waals surface area contributed by atoms with E-state index in [1.165, 1.54) is 0 Å². The first-order chi connectivity index (χ1) is 12.2. The van der Waals surface area contributed by atoms with Crippen molar-refractivity contribution in [3.05, 3.63) is 0 Å². The lowest BCUT2D eigenvalue weighted by Gasteiger charge is -2.53. The molecule has 0 spiro atoms. The number of nitrogens with two attached hydrogens (primary N) is 1. The summed E-state index contributed by atoms with van der Waals surface area (Å²) in [5, 5.41) is -1.33. The van der Waals surface area contributed by atoms with Crippen molar-refractivity contribution in [2.45, 2.75) is 74.9 Å². The zero-order valence-electron chi connectivity index (χ0n) is 17.7. The van der Waals surface area contributed by atoms with Gasteiger partial charge in [0.1, 0.15) is 28.5 Å². The molecule has 0 amide bonds. The molecule has 6 atom stereocenters. The van der Waals surface area contributed by atoms with Crippen LogP contribution in [-0.4, -0.2) is 70.1 Å². The van der Waals surface area contributed by atoms with Crippen molar-refractivity contribution in [2.75, 3.05) is 41.6 Å². The summed E-state index contributed by atoms with van der Waals surface area (Å²) in [4.78, 5) is 0. The zero-order valence-corrected chi connectivity index (χ0v) is 20.0. The third kappa shape index (κ3) is 5.58. The fourth-order valence-corrected chi connectivity index (χ4v) is 5.33. The number of hydrogen-bond donors (Lipinski definition) is 1. The third-order valence-electron chi connectivity index (χ3n) is 5.02. The molecule has 0 saturated heterocycles. The molecule has 0 aromatic rings. The minimum atomic E-state index is -0.960. The van der Waals surface area contributed by atoms with Gasteiger partial charge in [-0.1, -0.05) is 26.7 Å². The van der Waals surface area contributed by atoms with Gasteiger partial charge in [-0.15, -0.1) is 18.5 Å². The average molecular weight is 413 g/mol. The number of hydrogen-bond acceptors (Lipinski definition) is 6. The first-order valence-corrected chi connectivity index (χ1v) is 10.5. The molecule has 6 unspecified atom stereocenters. The topological polar surface area (TPSA) is 72.2 Å². The van der Waals surface area contributed by atoms with E-state index in [1.54, 1.807) is 28.4 Å². The Hall–Kier alpha value is 0.620. The van der Waals surface area contributed by atoms with Crippen molar-refractivity contribution < 1.29 is 23.7 Å². The smallest absolute Gasteiger partial charge is 0.139 e. The van der Waals surface area contributed by atoms with Crippen LogP contribution in [0.2, 0.25) is 0 Å². The summed E-state index contributed by atoms with van der Waals surface area (Å²) in [6.45, 7) is 6.82. The van der Waals surface area contributed by atoms with Crippen LogP contribution in [0, 0.1) is 0 Å². The molecule has 0 aliphatic heterocycles. The molecule has 0 aromatic carbocycles. The number of ether oxygens (including phenoxy) is 5. The predicted octanol–water partition coefficient (Wildman–Crippen LogP) is 2.79. The van der Waals surface area contributed by atoms with Crippen LogP contribution in [0.1, 0.15) is 46.5 Å². The summed E-state index contributed by atoms with van der Waals surface area (Å²) >= 11 is 0. The van der Waals surface area contributed by atoms with Gasteiger partial charge in [0.2, 0.25) is 0 Å². The Morgan fingerprint density at radius 1 is 0.808 bits per heavy atom. The lowest BCUT2D eigenvalue weighted by Crippen LogP contribution is -2.70. The molecule has 8 heteroatoms. The third-order valence-corrected chi connectivity index (χ3v) is 6.67. The number of rotatable bonds is 15. The van der Waals surface area contributed by atoms with E-state index in [2.05, 4.69) is 32.3 Å². The summed E-state index contributed by atoms with van der Waals surface area (Å²) < 4.78 is 30.0. The van der Waals surface area contributed by atoms with Crippen molar-refractivity contribution in [3.8, 4) is 0 Å². The maximum atomic E-state index is 6.33. The second kappa shape index (κ2) is 12.2. The van der Waals surface area contributed by atoms with E-state index >= 15 is 0 Å². The largest absolute Gasteiger partial charge is 0.375 e. The highest BCUT2D eigenvalue weighted by molar-refractivity contribution is 7.19. The van der Waals surface area contributed by atoms with E-state index in [4.69, 9.17) is 29.4 Å². The molecule has 0 heterocycles. The van der Waals surface area contributed by atoms with Gasteiger partial charge in [-0.25, -0.2) is 0 Å². The SMILES string of the molecule is CCCC(P)(OC)C(OC)C(CN)(OCC)C(OC)C(P)(CCC)OC. The fourth-order valence-electron chi connectivity index (χ4n) is 3.92. The Labute approximate surface area is 165 Å². The molecule has 0 aliphatic carbocycles. The van der Waals surface area contributed by atoms with Gasteiger partial charge in [0.25, 0.3) is 0 Å². The molecule has 0 rings (SSSR count). The molecule has 0 saturated carbocycles. The van der Waals surface area contributed by atoms with Gasteiger partial charge in [0.05, 0.1) is 0 Å². The van der Waals surface area contributed by atoms with E-state index in [0.717, 1.165) is 25.7 Å². The first kappa shape index (κ1) is 26.6. The van der Waals surface area contributed by atoms with Crippen LogP contribution in [0.25, 0.3) is 0 Å². The van der Waals surface area contributed by atoms with Gasteiger partial charge in [0, 0.05) is 41.6 Å². The standard InChI is InChI=1S/C18H41NO5P2/c1-8-11-17(25,22-6)14(20-4)16(13-19,24-10-3)15(21-5)18(26,23-7)12-9-2/h14-15H,8-13,19,25-26H2,1-7H3. The lowest BCUT2D eigenvalue weighted by molar-refractivity contribution is -0.251. The Bertz CT molecular complexity index is 363. The normalized spacial score (nSPS) is 21.5. The second-order valence-electron chi connectivity index (χ2n) is 6.64. The summed E-state index contributed by atoms with van der Waals surface area (Å²) in [5.41, 5.74) is 5.37. The monoisotopic (exact) mass is 413 g/mol. The molecule has 0 radical (unpaired) electrons. The van der Waals surface area contributed by atoms with Gasteiger partial charge in [0.15, 0.2) is 0 Å². The highest BCUT2D eigenvalue weighted by Gasteiger charge is 2.59. The summed E-state index contributed by atoms with van der Waals surface area (Å²) in [6, 6.07) is 0. The number of methoxy groups -OCH3 is 4. The zero-order chi connectivity index (χ0) is 20.4. The summed E-state index contributed by atoms with van der Waals surface area (Å²) in [6.07, 6.45) is 2.42. The lowest BCUT2D eigenvalue weighted by atomic mass is 9.80. The van der Waals surface area contributed by atoms with E-state index in [1.807, 2.05) is 6.92 Å². The van der Waals surface area contributed by atoms with Gasteiger partial charge in [-0.2, -0.15) is 0 Å². The van der Waals surface area contributed by atoms with Gasteiger partial charge < -0.3 is 29.4 Å². The van der Waals surface area contributed by atoms with Gasteiger partial charge in [-0.05, 0) is 19.8 Å². The molecule has 6 nitrogen and oxygen atoms in total. The van der Waals surface area contributed by atoms with Crippen LogP contribution in [0.4, 0.5) is 0 Å². The molecule has 0 bridgehead atoms. The Morgan fingerprint density at radius 3 is 1.38 bits per heavy atom. The van der Waals surface area contributed by atoms with Crippen molar-refractivity contribution in [3.63, 3.8) is 0 Å². The summed E-state index contributed by atoms with van der Waals surface area (Å²) in [7, 11) is 12.3. The van der Waals surface area contributed by atoms with Crippen LogP contribution in [-0.2, 0) is 23.7 Å². The molecular weight excluding hydrogens is 372 g/mol. The molecule has 26 heavy (non-hydrogen) atoms. The minimum Gasteiger partial charge on any atom is -0.375 e. The fraction of sp³-hybridized carbons (Fsp3) is 1.00. The molecule has 158 valence electrons. The van der Waals surface area contributed by atoms with Gasteiger partial charge >= 0.3 is 0 Å². The van der Waals surface area contributed by atoms with E-state index in [0.29, 0.717) is 6.61 Å². The molecule has 0 fully saturated rings. The van der Waals surface area contributed by atoms with Crippen molar-refractivity contribution in [1.82, 2.24) is 0 Å². The van der Waals surface area contributed by atoms with Crippen LogP contribution in [0.15, 0.2) is 0 Å². The maximum Gasteiger partial charge on any atom is 0.139 e. The Morgan fingerprint density at radius 2 is 1.19 bits per heavy atom. The highest BCUT2D eigenvalue weighted by atomic mass is 31.0.